The Morgan fingerprint density at radius 1 is 1.05 bits per heavy atom. The minimum absolute atomic E-state index is 1.69. The number of thiol groups is 1. The maximum Gasteiger partial charge on any atom is 0.255 e. The Morgan fingerprint density at radius 2 is 1.45 bits per heavy atom. The van der Waals surface area contributed by atoms with Gasteiger partial charge in [-0.1, -0.05) is 0 Å². The quantitative estimate of drug-likeness (QED) is 0.208. The lowest BCUT2D eigenvalue weighted by Crippen LogP contribution is -2.23. The minimum atomic E-state index is -5.77. The van der Waals surface area contributed by atoms with Crippen LogP contribution in [-0.2, 0) is 17.2 Å². The summed E-state index contributed by atoms with van der Waals surface area (Å²) in [6, 6.07) is 0. The van der Waals surface area contributed by atoms with Crippen molar-refractivity contribution in [2.24, 2.45) is 7.05 Å². The number of aromatic nitrogens is 2. The molecule has 0 saturated heterocycles. The van der Waals surface area contributed by atoms with E-state index < -0.39 is 44.1 Å². The van der Waals surface area contributed by atoms with Crippen molar-refractivity contribution in [1.29, 1.82) is 0 Å². The van der Waals surface area contributed by atoms with Crippen molar-refractivity contribution in [3.05, 3.63) is 47.8 Å². The average Bonchev–Trinajstić information content (AvgIpc) is 2.77. The van der Waals surface area contributed by atoms with Crippen LogP contribution < -0.4 is 4.57 Å². The number of nitrogens with zero attached hydrogens (tertiary/aromatic N) is 2. The zero-order valence-corrected chi connectivity index (χ0v) is 12.3. The predicted molar refractivity (Wildman–Crippen MR) is 64.2 cm³/mol. The summed E-state index contributed by atoms with van der Waals surface area (Å²) in [6.07, 6.45) is 5.65. The Kier molecular flexibility index (Phi) is 5.54. The van der Waals surface area contributed by atoms with Crippen molar-refractivity contribution in [1.82, 2.24) is 3.97 Å². The number of hydrogen-bond acceptors (Lipinski definition) is 4. The van der Waals surface area contributed by atoms with Crippen LogP contribution in [0.25, 0.3) is 0 Å². The molecule has 0 radical (unpaired) electrons. The maximum atomic E-state index is 12.6. The van der Waals surface area contributed by atoms with E-state index in [1.165, 1.54) is 0 Å². The van der Waals surface area contributed by atoms with Gasteiger partial charge in [-0.15, -0.1) is 0 Å². The molecule has 2 rings (SSSR count). The fourth-order valence-electron chi connectivity index (χ4n) is 1.24. The van der Waals surface area contributed by atoms with Gasteiger partial charge in [0.25, 0.3) is 6.33 Å². The highest BCUT2D eigenvalue weighted by Gasteiger charge is 2.28. The highest BCUT2D eigenvalue weighted by molar-refractivity contribution is 7.85. The lowest BCUT2D eigenvalue weighted by molar-refractivity contribution is -0.670. The van der Waals surface area contributed by atoms with Gasteiger partial charge in [-0.05, 0) is 0 Å². The minimum Gasteiger partial charge on any atom is -0.744 e. The summed E-state index contributed by atoms with van der Waals surface area (Å²) in [4.78, 5) is -2.38. The number of aryl methyl sites for hydroxylation is 1. The molecule has 0 spiro atoms. The van der Waals surface area contributed by atoms with E-state index in [0.29, 0.717) is 0 Å². The number of benzene rings is 1. The smallest absolute Gasteiger partial charge is 0.255 e. The van der Waals surface area contributed by atoms with E-state index in [0.717, 1.165) is 0 Å². The monoisotopic (exact) mass is 362 g/mol. The zero-order valence-electron chi connectivity index (χ0n) is 10.6. The molecule has 1 heterocycles. The van der Waals surface area contributed by atoms with Crippen LogP contribution in [0.1, 0.15) is 0 Å². The van der Waals surface area contributed by atoms with E-state index in [2.05, 4.69) is 12.8 Å². The highest BCUT2D eigenvalue weighted by Crippen LogP contribution is 2.26. The first kappa shape index (κ1) is 18.4. The van der Waals surface area contributed by atoms with Crippen LogP contribution in [0, 0.1) is 29.1 Å². The normalized spacial score (nSPS) is 11.1. The first-order valence-corrected chi connectivity index (χ1v) is 6.97. The molecule has 0 aliphatic rings. The summed E-state index contributed by atoms with van der Waals surface area (Å²) in [5.41, 5.74) is 0. The Morgan fingerprint density at radius 3 is 1.68 bits per heavy atom. The fourth-order valence-corrected chi connectivity index (χ4v) is 2.08. The molecule has 5 nitrogen and oxygen atoms in total. The van der Waals surface area contributed by atoms with E-state index in [1.807, 2.05) is 30.3 Å². The lowest BCUT2D eigenvalue weighted by Gasteiger charge is -2.10. The van der Waals surface area contributed by atoms with Crippen LogP contribution in [0.15, 0.2) is 23.6 Å². The standard InChI is InChI=1S/C6HF5O3S.C4H7N2S/c7-1-2(8)4(10)6(15(12,13)14)5(11)3(1)9;1-5-2-3-6(7)4-5/h(H,12,13,14);2-4,7H,1H3/q;+1/p-1. The first-order chi connectivity index (χ1) is 9.96. The van der Waals surface area contributed by atoms with Gasteiger partial charge in [0.2, 0.25) is 5.82 Å². The van der Waals surface area contributed by atoms with Crippen molar-refractivity contribution in [3.8, 4) is 0 Å². The van der Waals surface area contributed by atoms with Crippen molar-refractivity contribution in [3.63, 3.8) is 0 Å². The molecule has 0 fully saturated rings. The maximum absolute atomic E-state index is 12.6. The number of imidazole rings is 1. The van der Waals surface area contributed by atoms with Gasteiger partial charge in [-0.2, -0.15) is 3.97 Å². The molecule has 12 heteroatoms. The van der Waals surface area contributed by atoms with E-state index in [-0.39, 0.29) is 0 Å². The lowest BCUT2D eigenvalue weighted by atomic mass is 10.3. The molecular weight excluding hydrogens is 355 g/mol. The van der Waals surface area contributed by atoms with Gasteiger partial charge in [0.15, 0.2) is 23.3 Å². The molecule has 0 unspecified atom stereocenters. The van der Waals surface area contributed by atoms with Crippen LogP contribution in [0.2, 0.25) is 0 Å². The third kappa shape index (κ3) is 3.96. The van der Waals surface area contributed by atoms with Gasteiger partial charge in [0, 0.05) is 12.8 Å². The topological polar surface area (TPSA) is 66.0 Å². The second-order valence-corrected chi connectivity index (χ2v) is 5.59. The molecule has 0 N–H and O–H groups in total. The average molecular weight is 362 g/mol. The summed E-state index contributed by atoms with van der Waals surface area (Å²) in [5, 5.41) is 0. The molecule has 2 aromatic rings. The van der Waals surface area contributed by atoms with Crippen LogP contribution >= 0.6 is 12.8 Å². The number of hydrogen-bond donors (Lipinski definition) is 1. The molecule has 0 bridgehead atoms. The summed E-state index contributed by atoms with van der Waals surface area (Å²) in [6.45, 7) is 0. The van der Waals surface area contributed by atoms with Crippen LogP contribution in [0.4, 0.5) is 22.0 Å². The van der Waals surface area contributed by atoms with Gasteiger partial charge in [0.1, 0.15) is 27.4 Å². The molecule has 22 heavy (non-hydrogen) atoms. The Labute approximate surface area is 126 Å². The summed E-state index contributed by atoms with van der Waals surface area (Å²) < 4.78 is 96.5. The van der Waals surface area contributed by atoms with Gasteiger partial charge in [-0.25, -0.2) is 34.9 Å². The predicted octanol–water partition coefficient (Wildman–Crippen LogP) is 1.29. The Balaban J connectivity index is 0.000000287. The Hall–Kier alpha value is -1.66. The van der Waals surface area contributed by atoms with Crippen LogP contribution in [-0.4, -0.2) is 16.9 Å². The molecule has 0 aliphatic heterocycles. The SMILES string of the molecule is C[n+]1ccn(S)c1.O=S(=O)([O-])c1c(F)c(F)c(F)c(F)c1F. The van der Waals surface area contributed by atoms with Crippen LogP contribution in [0.5, 0.6) is 0 Å². The second kappa shape index (κ2) is 6.62. The van der Waals surface area contributed by atoms with Crippen molar-refractivity contribution in [2.45, 2.75) is 4.90 Å². The summed E-state index contributed by atoms with van der Waals surface area (Å²) in [5.74, 6) is -12.8. The zero-order chi connectivity index (χ0) is 17.2. The molecule has 0 atom stereocenters. The van der Waals surface area contributed by atoms with E-state index in [4.69, 9.17) is 0 Å². The molecule has 1 aromatic heterocycles. The third-order valence-electron chi connectivity index (χ3n) is 2.17. The van der Waals surface area contributed by atoms with E-state index in [9.17, 15) is 34.9 Å². The summed E-state index contributed by atoms with van der Waals surface area (Å²) >= 11 is 4.00. The molecule has 1 aromatic carbocycles. The molecule has 0 amide bonds. The third-order valence-corrected chi connectivity index (χ3v) is 3.27. The summed E-state index contributed by atoms with van der Waals surface area (Å²) in [7, 11) is -3.82. The van der Waals surface area contributed by atoms with Gasteiger partial charge in [0.05, 0.1) is 7.05 Å². The molecule has 0 saturated carbocycles. The highest BCUT2D eigenvalue weighted by atomic mass is 32.2. The van der Waals surface area contributed by atoms with E-state index >= 15 is 0 Å². The van der Waals surface area contributed by atoms with Crippen molar-refractivity contribution < 1.29 is 39.5 Å². The van der Waals surface area contributed by atoms with Gasteiger partial charge >= 0.3 is 0 Å². The largest absolute Gasteiger partial charge is 0.744 e. The molecule has 122 valence electrons. The molecule has 0 aliphatic carbocycles. The van der Waals surface area contributed by atoms with Gasteiger partial charge < -0.3 is 4.55 Å². The van der Waals surface area contributed by atoms with E-state index in [1.54, 1.807) is 3.97 Å². The fraction of sp³-hybridized carbons (Fsp3) is 0.100. The first-order valence-electron chi connectivity index (χ1n) is 5.16. The van der Waals surface area contributed by atoms with Crippen LogP contribution in [0.3, 0.4) is 0 Å². The number of halogens is 5. The molecular formula is C10H7F5N2O3S2. The van der Waals surface area contributed by atoms with Crippen molar-refractivity contribution in [2.75, 3.05) is 0 Å². The number of rotatable bonds is 1. The Bertz CT molecular complexity index is 762. The second-order valence-electron chi connectivity index (χ2n) is 3.81. The van der Waals surface area contributed by atoms with Gasteiger partial charge in [-0.3, -0.25) is 0 Å². The van der Waals surface area contributed by atoms with Crippen molar-refractivity contribution >= 4 is 22.9 Å².